The van der Waals surface area contributed by atoms with Gasteiger partial charge >= 0.3 is 0 Å². The van der Waals surface area contributed by atoms with E-state index >= 15 is 0 Å². The Hall–Kier alpha value is -2.25. The molecule has 132 valence electrons. The monoisotopic (exact) mass is 378 g/mol. The van der Waals surface area contributed by atoms with E-state index in [2.05, 4.69) is 5.32 Å². The maximum atomic E-state index is 12.2. The van der Waals surface area contributed by atoms with Gasteiger partial charge in [-0.25, -0.2) is 13.6 Å². The van der Waals surface area contributed by atoms with E-state index < -0.39 is 10.0 Å². The van der Waals surface area contributed by atoms with Crippen LogP contribution in [0.4, 0.5) is 5.00 Å². The first-order valence-electron chi connectivity index (χ1n) is 7.33. The fraction of sp³-hybridized carbons (Fsp3) is 0.250. The van der Waals surface area contributed by atoms with Crippen molar-refractivity contribution in [2.45, 2.75) is 17.9 Å². The third-order valence-electron chi connectivity index (χ3n) is 3.78. The number of likely N-dealkylation sites (N-methyl/N-ethyl adjacent to an activating group) is 1. The second-order valence-electron chi connectivity index (χ2n) is 5.53. The van der Waals surface area contributed by atoms with Gasteiger partial charge in [0.2, 0.25) is 15.9 Å². The molecule has 7 nitrogen and oxygen atoms in total. The predicted octanol–water partition coefficient (Wildman–Crippen LogP) is 1.90. The van der Waals surface area contributed by atoms with Gasteiger partial charge in [0, 0.05) is 6.04 Å². The maximum absolute atomic E-state index is 12.2. The second kappa shape index (κ2) is 7.76. The molecule has 1 heterocycles. The van der Waals surface area contributed by atoms with Crippen molar-refractivity contribution < 1.29 is 13.2 Å². The van der Waals surface area contributed by atoms with E-state index in [0.29, 0.717) is 10.6 Å². The normalized spacial score (nSPS) is 12.6. The van der Waals surface area contributed by atoms with Crippen LogP contribution in [0.15, 0.2) is 40.6 Å². The van der Waals surface area contributed by atoms with Crippen LogP contribution >= 0.6 is 11.3 Å². The van der Waals surface area contributed by atoms with Crippen molar-refractivity contribution in [2.75, 3.05) is 18.9 Å². The zero-order valence-electron chi connectivity index (χ0n) is 13.8. The zero-order chi connectivity index (χ0) is 18.6. The van der Waals surface area contributed by atoms with Crippen molar-refractivity contribution in [3.63, 3.8) is 0 Å². The Morgan fingerprint density at radius 3 is 2.56 bits per heavy atom. The molecule has 0 aliphatic rings. The van der Waals surface area contributed by atoms with E-state index in [1.54, 1.807) is 30.6 Å². The Balaban J connectivity index is 2.01. The molecule has 0 saturated heterocycles. The highest BCUT2D eigenvalue weighted by Crippen LogP contribution is 2.23. The molecule has 3 N–H and O–H groups in total. The predicted molar refractivity (Wildman–Crippen MR) is 96.5 cm³/mol. The molecule has 1 aromatic carbocycles. The minimum absolute atomic E-state index is 0.0468. The van der Waals surface area contributed by atoms with Gasteiger partial charge in [-0.15, -0.1) is 11.3 Å². The lowest BCUT2D eigenvalue weighted by Gasteiger charge is -2.24. The van der Waals surface area contributed by atoms with Crippen molar-refractivity contribution in [3.05, 3.63) is 46.8 Å². The number of carbonyl (C=O) groups excluding carboxylic acids is 1. The summed E-state index contributed by atoms with van der Waals surface area (Å²) in [5.41, 5.74) is 1.30. The zero-order valence-corrected chi connectivity index (χ0v) is 15.4. The number of amides is 1. The SMILES string of the molecule is C[C@H](c1ccc(S(N)(=O)=O)cc1)N(C)CC(=O)Nc1sccc1C#N. The lowest BCUT2D eigenvalue weighted by atomic mass is 10.1. The highest BCUT2D eigenvalue weighted by Gasteiger charge is 2.17. The van der Waals surface area contributed by atoms with Crippen LogP contribution in [-0.2, 0) is 14.8 Å². The van der Waals surface area contributed by atoms with Gasteiger partial charge in [0.25, 0.3) is 0 Å². The molecule has 9 heteroatoms. The third-order valence-corrected chi connectivity index (χ3v) is 5.54. The molecule has 0 unspecified atom stereocenters. The van der Waals surface area contributed by atoms with Crippen molar-refractivity contribution >= 4 is 32.3 Å². The fourth-order valence-corrected chi connectivity index (χ4v) is 3.48. The first-order chi connectivity index (χ1) is 11.7. The van der Waals surface area contributed by atoms with E-state index in [-0.39, 0.29) is 23.4 Å². The summed E-state index contributed by atoms with van der Waals surface area (Å²) in [6, 6.07) is 9.80. The Morgan fingerprint density at radius 1 is 1.36 bits per heavy atom. The van der Waals surface area contributed by atoms with Gasteiger partial charge in [0.15, 0.2) is 0 Å². The van der Waals surface area contributed by atoms with Crippen LogP contribution in [0.1, 0.15) is 24.1 Å². The van der Waals surface area contributed by atoms with Crippen LogP contribution in [0.2, 0.25) is 0 Å². The van der Waals surface area contributed by atoms with E-state index in [4.69, 9.17) is 10.4 Å². The minimum Gasteiger partial charge on any atom is -0.315 e. The maximum Gasteiger partial charge on any atom is 0.239 e. The number of nitrogens with two attached hydrogens (primary N) is 1. The van der Waals surface area contributed by atoms with Crippen molar-refractivity contribution in [3.8, 4) is 6.07 Å². The highest BCUT2D eigenvalue weighted by molar-refractivity contribution is 7.89. The molecule has 0 bridgehead atoms. The average molecular weight is 378 g/mol. The van der Waals surface area contributed by atoms with E-state index in [9.17, 15) is 13.2 Å². The number of primary sulfonamides is 1. The molecule has 0 aliphatic heterocycles. The molecule has 25 heavy (non-hydrogen) atoms. The summed E-state index contributed by atoms with van der Waals surface area (Å²) in [4.78, 5) is 14.0. The van der Waals surface area contributed by atoms with Crippen LogP contribution < -0.4 is 10.5 Å². The molecule has 0 spiro atoms. The van der Waals surface area contributed by atoms with Crippen molar-refractivity contribution in [2.24, 2.45) is 5.14 Å². The summed E-state index contributed by atoms with van der Waals surface area (Å²) in [6.07, 6.45) is 0. The molecular weight excluding hydrogens is 360 g/mol. The quantitative estimate of drug-likeness (QED) is 0.796. The van der Waals surface area contributed by atoms with Gasteiger partial charge in [0.1, 0.15) is 11.1 Å². The molecule has 1 aromatic heterocycles. The molecule has 1 atom stereocenters. The van der Waals surface area contributed by atoms with Gasteiger partial charge in [-0.3, -0.25) is 9.69 Å². The molecule has 2 rings (SSSR count). The Labute approximate surface area is 150 Å². The summed E-state index contributed by atoms with van der Waals surface area (Å²) >= 11 is 1.30. The summed E-state index contributed by atoms with van der Waals surface area (Å²) in [7, 11) is -1.93. The number of nitrogens with zero attached hydrogens (tertiary/aromatic N) is 2. The number of thiophene rings is 1. The average Bonchev–Trinajstić information content (AvgIpc) is 3.00. The molecule has 1 amide bonds. The van der Waals surface area contributed by atoms with Crippen molar-refractivity contribution in [1.29, 1.82) is 5.26 Å². The van der Waals surface area contributed by atoms with Gasteiger partial charge < -0.3 is 5.32 Å². The Morgan fingerprint density at radius 2 is 2.00 bits per heavy atom. The topological polar surface area (TPSA) is 116 Å². The number of carbonyl (C=O) groups is 1. The summed E-state index contributed by atoms with van der Waals surface area (Å²) in [5, 5.41) is 19.0. The number of nitriles is 1. The van der Waals surface area contributed by atoms with Crippen molar-refractivity contribution in [1.82, 2.24) is 4.90 Å². The number of rotatable bonds is 6. The van der Waals surface area contributed by atoms with Crippen LogP contribution in [0, 0.1) is 11.3 Å². The number of benzene rings is 1. The number of hydrogen-bond acceptors (Lipinski definition) is 6. The summed E-state index contributed by atoms with van der Waals surface area (Å²) in [5.74, 6) is -0.227. The first-order valence-corrected chi connectivity index (χ1v) is 9.75. The van der Waals surface area contributed by atoms with E-state index in [0.717, 1.165) is 5.56 Å². The molecule has 0 aliphatic carbocycles. The Kier molecular flexibility index (Phi) is 5.92. The number of anilines is 1. The molecule has 2 aromatic rings. The second-order valence-corrected chi connectivity index (χ2v) is 8.01. The first kappa shape index (κ1) is 19.1. The number of nitrogens with one attached hydrogen (secondary N) is 1. The molecular formula is C16H18N4O3S2. The largest absolute Gasteiger partial charge is 0.315 e. The van der Waals surface area contributed by atoms with Gasteiger partial charge in [-0.2, -0.15) is 5.26 Å². The van der Waals surface area contributed by atoms with Gasteiger partial charge in [-0.05, 0) is 43.1 Å². The third kappa shape index (κ3) is 4.87. The molecule has 0 fully saturated rings. The number of hydrogen-bond donors (Lipinski definition) is 2. The lowest BCUT2D eigenvalue weighted by Crippen LogP contribution is -2.32. The number of sulfonamides is 1. The summed E-state index contributed by atoms with van der Waals surface area (Å²) in [6.45, 7) is 2.03. The molecule has 0 saturated carbocycles. The van der Waals surface area contributed by atoms with Crippen LogP contribution in [0.5, 0.6) is 0 Å². The standard InChI is InChI=1S/C16H18N4O3S2/c1-11(12-3-5-14(6-4-12)25(18,22)23)20(2)10-15(21)19-16-13(9-17)7-8-24-16/h3-8,11H,10H2,1-2H3,(H,19,21)(H2,18,22,23)/t11-/m1/s1. The minimum atomic E-state index is -3.72. The summed E-state index contributed by atoms with van der Waals surface area (Å²) < 4.78 is 22.6. The Bertz CT molecular complexity index is 898. The fourth-order valence-electron chi connectivity index (χ4n) is 2.21. The van der Waals surface area contributed by atoms with Crippen LogP contribution in [0.3, 0.4) is 0 Å². The highest BCUT2D eigenvalue weighted by atomic mass is 32.2. The van der Waals surface area contributed by atoms with Crippen LogP contribution in [0.25, 0.3) is 0 Å². The van der Waals surface area contributed by atoms with Gasteiger partial charge in [-0.1, -0.05) is 12.1 Å². The van der Waals surface area contributed by atoms with E-state index in [1.807, 2.05) is 17.9 Å². The lowest BCUT2D eigenvalue weighted by molar-refractivity contribution is -0.117. The van der Waals surface area contributed by atoms with E-state index in [1.165, 1.54) is 23.5 Å². The van der Waals surface area contributed by atoms with Gasteiger partial charge in [0.05, 0.1) is 17.0 Å². The molecule has 0 radical (unpaired) electrons. The smallest absolute Gasteiger partial charge is 0.239 e. The van der Waals surface area contributed by atoms with Crippen LogP contribution in [-0.4, -0.2) is 32.8 Å².